The predicted octanol–water partition coefficient (Wildman–Crippen LogP) is 0.0210. The average molecular weight is 876 g/mol. The number of nitrogens with two attached hydrogens (primary N) is 1. The van der Waals surface area contributed by atoms with Crippen molar-refractivity contribution in [3.05, 3.63) is 24.8 Å². The van der Waals surface area contributed by atoms with Crippen LogP contribution in [-0.4, -0.2) is 123 Å². The minimum atomic E-state index is -5.57. The number of anilines is 1. The van der Waals surface area contributed by atoms with Gasteiger partial charge in [-0.2, -0.15) is 4.31 Å². The van der Waals surface area contributed by atoms with Gasteiger partial charge in [-0.1, -0.05) is 37.8 Å². The molecule has 1 aliphatic carbocycles. The Bertz CT molecular complexity index is 1900. The van der Waals surface area contributed by atoms with Crippen molar-refractivity contribution in [2.75, 3.05) is 37.8 Å². The van der Waals surface area contributed by atoms with Gasteiger partial charge in [0.15, 0.2) is 22.8 Å². The molecule has 24 nitrogen and oxygen atoms in total. The van der Waals surface area contributed by atoms with E-state index in [1.807, 2.05) is 12.2 Å². The number of nitrogens with one attached hydrogen (secondary N) is 2. The van der Waals surface area contributed by atoms with Crippen molar-refractivity contribution in [1.29, 1.82) is 0 Å². The molecule has 28 heteroatoms. The smallest absolute Gasteiger partial charge is 0.386 e. The summed E-state index contributed by atoms with van der Waals surface area (Å²) in [6.07, 6.45) is -0.509. The number of nitrogen functional groups attached to an aromatic ring is 1. The normalized spacial score (nSPS) is 24.3. The van der Waals surface area contributed by atoms with Gasteiger partial charge in [-0.3, -0.25) is 32.5 Å². The molecule has 2 aliphatic rings. The molecule has 0 radical (unpaired) electrons. The third kappa shape index (κ3) is 13.2. The third-order valence-electron chi connectivity index (χ3n) is 8.35. The first-order chi connectivity index (χ1) is 26.1. The molecule has 0 saturated carbocycles. The number of rotatable bonds is 20. The number of hydrogen-bond acceptors (Lipinski definition) is 18. The van der Waals surface area contributed by atoms with Gasteiger partial charge in [0, 0.05) is 36.6 Å². The summed E-state index contributed by atoms with van der Waals surface area (Å²) in [6, 6.07) is 0. The lowest BCUT2D eigenvalue weighted by molar-refractivity contribution is -0.137. The van der Waals surface area contributed by atoms with Crippen LogP contribution in [0.5, 0.6) is 0 Å². The molecule has 314 valence electrons. The molecule has 10 N–H and O–H groups in total. The summed E-state index contributed by atoms with van der Waals surface area (Å²) in [5.41, 5.74) is 4.27. The Kier molecular flexibility index (Phi) is 15.9. The van der Waals surface area contributed by atoms with Crippen molar-refractivity contribution in [3.8, 4) is 0 Å². The van der Waals surface area contributed by atoms with Crippen LogP contribution in [0, 0.1) is 11.3 Å². The molecule has 1 fully saturated rings. The number of thioether (sulfide) groups is 1. The number of ether oxygens (including phenoxy) is 1. The molecule has 3 heterocycles. The summed E-state index contributed by atoms with van der Waals surface area (Å²) >= 11 is 1.14. The minimum absolute atomic E-state index is 0.0299. The Balaban J connectivity index is 1.23. The van der Waals surface area contributed by atoms with Gasteiger partial charge in [-0.25, -0.2) is 28.6 Å². The maximum atomic E-state index is 12.7. The fraction of sp³-hybridized carbons (Fsp3) is 0.643. The zero-order chi connectivity index (χ0) is 41.5. The SMILES string of the molecule is CC(C)(COP(=O)(O)OP(=O)(O)OCC1OC(n2cnc3c(N)ncnc32)C(O)C1OP(=O)(O)O)C(O)C(=O)NCCC(=O)NCCSC(=O)C1CC=CCC1. The number of aliphatic hydroxyl groups is 2. The van der Waals surface area contributed by atoms with E-state index in [9.17, 15) is 57.9 Å². The Hall–Kier alpha value is -2.70. The number of allylic oxidation sites excluding steroid dienone is 2. The number of amides is 2. The van der Waals surface area contributed by atoms with E-state index in [2.05, 4.69) is 34.4 Å². The van der Waals surface area contributed by atoms with Crippen molar-refractivity contribution in [2.45, 2.75) is 70.2 Å². The summed E-state index contributed by atoms with van der Waals surface area (Å²) in [7, 11) is -16.4. The number of imidazole rings is 1. The summed E-state index contributed by atoms with van der Waals surface area (Å²) in [5, 5.41) is 26.5. The summed E-state index contributed by atoms with van der Waals surface area (Å²) < 4.78 is 62.1. The summed E-state index contributed by atoms with van der Waals surface area (Å²) in [6.45, 7) is 0.546. The molecule has 0 bridgehead atoms. The van der Waals surface area contributed by atoms with E-state index in [1.54, 1.807) is 0 Å². The van der Waals surface area contributed by atoms with Crippen molar-refractivity contribution in [3.63, 3.8) is 0 Å². The van der Waals surface area contributed by atoms with Crippen LogP contribution < -0.4 is 16.4 Å². The van der Waals surface area contributed by atoms with E-state index in [4.69, 9.17) is 19.5 Å². The highest BCUT2D eigenvalue weighted by molar-refractivity contribution is 8.13. The van der Waals surface area contributed by atoms with Crippen LogP contribution >= 0.6 is 35.2 Å². The van der Waals surface area contributed by atoms with Gasteiger partial charge in [0.2, 0.25) is 11.8 Å². The maximum Gasteiger partial charge on any atom is 0.481 e. The molecule has 0 spiro atoms. The second-order valence-electron chi connectivity index (χ2n) is 13.2. The third-order valence-corrected chi connectivity index (χ3v) is 12.5. The molecule has 4 rings (SSSR count). The number of nitrogens with zero attached hydrogens (tertiary/aromatic N) is 4. The van der Waals surface area contributed by atoms with Crippen LogP contribution in [0.3, 0.4) is 0 Å². The molecule has 2 aromatic rings. The highest BCUT2D eigenvalue weighted by atomic mass is 32.2. The first-order valence-corrected chi connectivity index (χ1v) is 22.3. The number of carbonyl (C=O) groups excluding carboxylic acids is 3. The number of aromatic nitrogens is 4. The molecule has 1 saturated heterocycles. The standard InChI is InChI=1S/C28H44N7O17P3S/c1-28(2,22(38)25(39)31-9-8-18(36)30-10-11-56-27(40)16-6-4-3-5-7-16)13-49-55(46,47)52-54(44,45)48-12-17-21(51-53(41,42)43)20(37)26(50-17)35-15-34-19-23(29)32-14-33-24(19)35/h3-4,14-17,20-22,26,37-38H,5-13H2,1-2H3,(H,30,36)(H,31,39)(H,44,45)(H,46,47)(H2,29,32,33)(H2,41,42,43). The Labute approximate surface area is 323 Å². The Morgan fingerprint density at radius 1 is 1.07 bits per heavy atom. The molecule has 56 heavy (non-hydrogen) atoms. The molecule has 8 atom stereocenters. The predicted molar refractivity (Wildman–Crippen MR) is 194 cm³/mol. The van der Waals surface area contributed by atoms with Crippen LogP contribution in [0.15, 0.2) is 24.8 Å². The number of phosphoric ester groups is 3. The molecule has 0 aromatic carbocycles. The lowest BCUT2D eigenvalue weighted by Gasteiger charge is -2.30. The first kappa shape index (κ1) is 46.0. The summed E-state index contributed by atoms with van der Waals surface area (Å²) in [4.78, 5) is 87.9. The second kappa shape index (κ2) is 19.4. The van der Waals surface area contributed by atoms with Crippen LogP contribution in [0.2, 0.25) is 0 Å². The Morgan fingerprint density at radius 2 is 1.79 bits per heavy atom. The van der Waals surface area contributed by atoms with Crippen LogP contribution in [-0.2, 0) is 50.7 Å². The molecule has 8 unspecified atom stereocenters. The molecule has 2 aromatic heterocycles. The van der Waals surface area contributed by atoms with Crippen molar-refractivity contribution in [1.82, 2.24) is 30.2 Å². The lowest BCUT2D eigenvalue weighted by atomic mass is 9.87. The van der Waals surface area contributed by atoms with Gasteiger partial charge < -0.3 is 50.9 Å². The van der Waals surface area contributed by atoms with Gasteiger partial charge >= 0.3 is 23.5 Å². The van der Waals surface area contributed by atoms with Gasteiger partial charge in [0.1, 0.15) is 36.3 Å². The minimum Gasteiger partial charge on any atom is -0.386 e. The van der Waals surface area contributed by atoms with Crippen molar-refractivity contribution in [2.24, 2.45) is 11.3 Å². The van der Waals surface area contributed by atoms with E-state index in [0.717, 1.165) is 41.8 Å². The zero-order valence-corrected chi connectivity index (χ0v) is 33.4. The quantitative estimate of drug-likeness (QED) is 0.0481. The number of hydrogen-bond donors (Lipinski definition) is 9. The van der Waals surface area contributed by atoms with E-state index >= 15 is 0 Å². The van der Waals surface area contributed by atoms with Crippen LogP contribution in [0.4, 0.5) is 5.82 Å². The van der Waals surface area contributed by atoms with Crippen molar-refractivity contribution >= 4 is 69.1 Å². The average Bonchev–Trinajstić information content (AvgIpc) is 3.68. The summed E-state index contributed by atoms with van der Waals surface area (Å²) in [5.74, 6) is -1.08. The fourth-order valence-electron chi connectivity index (χ4n) is 5.41. The van der Waals surface area contributed by atoms with E-state index in [-0.39, 0.29) is 47.5 Å². The van der Waals surface area contributed by atoms with E-state index in [0.29, 0.717) is 12.2 Å². The highest BCUT2D eigenvalue weighted by Gasteiger charge is 2.50. The molecule has 1 aliphatic heterocycles. The number of phosphoric acid groups is 3. The number of fused-ring (bicyclic) bond motifs is 1. The van der Waals surface area contributed by atoms with Crippen molar-refractivity contribution < 1.29 is 80.5 Å². The van der Waals surface area contributed by atoms with Gasteiger partial charge in [-0.15, -0.1) is 0 Å². The van der Waals surface area contributed by atoms with E-state index in [1.165, 1.54) is 13.8 Å². The second-order valence-corrected chi connectivity index (χ2v) is 18.6. The van der Waals surface area contributed by atoms with E-state index < -0.39 is 84.6 Å². The number of carbonyl (C=O) groups is 3. The highest BCUT2D eigenvalue weighted by Crippen LogP contribution is 2.61. The Morgan fingerprint density at radius 3 is 2.46 bits per heavy atom. The zero-order valence-electron chi connectivity index (χ0n) is 29.9. The van der Waals surface area contributed by atoms with Gasteiger partial charge in [-0.05, 0) is 19.3 Å². The van der Waals surface area contributed by atoms with Crippen LogP contribution in [0.1, 0.15) is 45.8 Å². The fourth-order valence-corrected chi connectivity index (χ4v) is 9.09. The monoisotopic (exact) mass is 875 g/mol. The maximum absolute atomic E-state index is 12.7. The topological polar surface area (TPSA) is 364 Å². The number of aliphatic hydroxyl groups excluding tert-OH is 2. The molecular weight excluding hydrogens is 831 g/mol. The molecular formula is C28H44N7O17P3S. The van der Waals surface area contributed by atoms with Crippen LogP contribution in [0.25, 0.3) is 11.2 Å². The van der Waals surface area contributed by atoms with Gasteiger partial charge in [0.25, 0.3) is 0 Å². The first-order valence-electron chi connectivity index (χ1n) is 16.8. The van der Waals surface area contributed by atoms with Gasteiger partial charge in [0.05, 0.1) is 19.5 Å². The lowest BCUT2D eigenvalue weighted by Crippen LogP contribution is -2.46. The molecule has 2 amide bonds. The largest absolute Gasteiger partial charge is 0.481 e.